The Morgan fingerprint density at radius 3 is 2.71 bits per heavy atom. The van der Waals surface area contributed by atoms with Crippen LogP contribution in [-0.2, 0) is 4.79 Å². The summed E-state index contributed by atoms with van der Waals surface area (Å²) in [5.41, 5.74) is 5.66. The molecule has 1 aliphatic heterocycles. The van der Waals surface area contributed by atoms with E-state index in [1.165, 1.54) is 25.7 Å². The second kappa shape index (κ2) is 7.70. The average Bonchev–Trinajstić information content (AvgIpc) is 2.57. The first-order valence-corrected chi connectivity index (χ1v) is 7.21. The summed E-state index contributed by atoms with van der Waals surface area (Å²) in [7, 11) is 0. The SMILES string of the molecule is CCCC1CCCN(C(=O)C(CC)CN)CC1. The molecule has 3 heteroatoms. The van der Waals surface area contributed by atoms with Crippen LogP contribution in [0.3, 0.4) is 0 Å². The molecule has 0 aromatic carbocycles. The molecule has 2 atom stereocenters. The largest absolute Gasteiger partial charge is 0.342 e. The molecule has 1 rings (SSSR count). The van der Waals surface area contributed by atoms with E-state index < -0.39 is 0 Å². The van der Waals surface area contributed by atoms with Crippen molar-refractivity contribution in [2.24, 2.45) is 17.6 Å². The van der Waals surface area contributed by atoms with Crippen LogP contribution < -0.4 is 5.73 Å². The number of carbonyl (C=O) groups excluding carboxylic acids is 1. The van der Waals surface area contributed by atoms with E-state index in [9.17, 15) is 4.79 Å². The van der Waals surface area contributed by atoms with E-state index in [0.717, 1.165) is 31.8 Å². The van der Waals surface area contributed by atoms with Gasteiger partial charge in [-0.25, -0.2) is 0 Å². The van der Waals surface area contributed by atoms with Crippen molar-refractivity contribution in [3.05, 3.63) is 0 Å². The van der Waals surface area contributed by atoms with E-state index in [0.29, 0.717) is 6.54 Å². The Hall–Kier alpha value is -0.570. The summed E-state index contributed by atoms with van der Waals surface area (Å²) >= 11 is 0. The molecule has 0 aromatic rings. The first-order valence-electron chi connectivity index (χ1n) is 7.21. The average molecular weight is 240 g/mol. The third-order valence-corrected chi connectivity index (χ3v) is 3.98. The number of carbonyl (C=O) groups is 1. The van der Waals surface area contributed by atoms with Gasteiger partial charge in [0.1, 0.15) is 0 Å². The third-order valence-electron chi connectivity index (χ3n) is 3.98. The van der Waals surface area contributed by atoms with E-state index >= 15 is 0 Å². The topological polar surface area (TPSA) is 46.3 Å². The molecule has 100 valence electrons. The molecule has 0 radical (unpaired) electrons. The smallest absolute Gasteiger partial charge is 0.226 e. The zero-order valence-corrected chi connectivity index (χ0v) is 11.5. The maximum absolute atomic E-state index is 12.2. The zero-order valence-electron chi connectivity index (χ0n) is 11.5. The Balaban J connectivity index is 2.47. The molecule has 0 saturated carbocycles. The minimum Gasteiger partial charge on any atom is -0.342 e. The Morgan fingerprint density at radius 1 is 1.35 bits per heavy atom. The molecule has 1 fully saturated rings. The van der Waals surface area contributed by atoms with Crippen molar-refractivity contribution < 1.29 is 4.79 Å². The van der Waals surface area contributed by atoms with Gasteiger partial charge in [-0.1, -0.05) is 26.7 Å². The number of nitrogens with zero attached hydrogens (tertiary/aromatic N) is 1. The molecule has 1 amide bonds. The summed E-state index contributed by atoms with van der Waals surface area (Å²) in [5.74, 6) is 1.15. The van der Waals surface area contributed by atoms with Crippen LogP contribution in [0.15, 0.2) is 0 Å². The quantitative estimate of drug-likeness (QED) is 0.802. The van der Waals surface area contributed by atoms with Crippen molar-refractivity contribution in [1.82, 2.24) is 4.90 Å². The molecule has 1 saturated heterocycles. The predicted octanol–water partition coefficient (Wildman–Crippen LogP) is 2.40. The minimum absolute atomic E-state index is 0.0396. The van der Waals surface area contributed by atoms with Crippen LogP contribution in [0, 0.1) is 11.8 Å². The highest BCUT2D eigenvalue weighted by Crippen LogP contribution is 2.23. The Morgan fingerprint density at radius 2 is 2.12 bits per heavy atom. The minimum atomic E-state index is 0.0396. The van der Waals surface area contributed by atoms with Crippen molar-refractivity contribution in [2.45, 2.75) is 52.4 Å². The molecule has 0 aromatic heterocycles. The summed E-state index contributed by atoms with van der Waals surface area (Å²) in [6.45, 7) is 6.67. The van der Waals surface area contributed by atoms with Crippen molar-refractivity contribution in [3.63, 3.8) is 0 Å². The lowest BCUT2D eigenvalue weighted by Crippen LogP contribution is -2.39. The second-order valence-corrected chi connectivity index (χ2v) is 5.25. The molecule has 2 N–H and O–H groups in total. The van der Waals surface area contributed by atoms with E-state index in [1.807, 2.05) is 6.92 Å². The summed E-state index contributed by atoms with van der Waals surface area (Å²) in [6.07, 6.45) is 7.08. The molecule has 0 aliphatic carbocycles. The van der Waals surface area contributed by atoms with Crippen LogP contribution in [0.1, 0.15) is 52.4 Å². The van der Waals surface area contributed by atoms with E-state index in [4.69, 9.17) is 5.73 Å². The fraction of sp³-hybridized carbons (Fsp3) is 0.929. The fourth-order valence-electron chi connectivity index (χ4n) is 2.78. The molecule has 1 heterocycles. The van der Waals surface area contributed by atoms with Crippen LogP contribution in [0.4, 0.5) is 0 Å². The lowest BCUT2D eigenvalue weighted by Gasteiger charge is -2.25. The molecule has 0 spiro atoms. The Bertz CT molecular complexity index is 226. The fourth-order valence-corrected chi connectivity index (χ4v) is 2.78. The number of hydrogen-bond donors (Lipinski definition) is 1. The molecule has 17 heavy (non-hydrogen) atoms. The highest BCUT2D eigenvalue weighted by Gasteiger charge is 2.24. The lowest BCUT2D eigenvalue weighted by molar-refractivity contribution is -0.135. The van der Waals surface area contributed by atoms with Crippen molar-refractivity contribution in [1.29, 1.82) is 0 Å². The molecular weight excluding hydrogens is 212 g/mol. The van der Waals surface area contributed by atoms with Gasteiger partial charge in [0, 0.05) is 19.6 Å². The number of rotatable bonds is 5. The standard InChI is InChI=1S/C14H28N2O/c1-3-6-12-7-5-9-16(10-8-12)14(17)13(4-2)11-15/h12-13H,3-11,15H2,1-2H3. The zero-order chi connectivity index (χ0) is 12.7. The van der Waals surface area contributed by atoms with Crippen molar-refractivity contribution >= 4 is 5.91 Å². The van der Waals surface area contributed by atoms with Crippen LogP contribution in [0.5, 0.6) is 0 Å². The van der Waals surface area contributed by atoms with Gasteiger partial charge < -0.3 is 10.6 Å². The maximum atomic E-state index is 12.2. The normalized spacial score (nSPS) is 23.2. The van der Waals surface area contributed by atoms with E-state index in [1.54, 1.807) is 0 Å². The monoisotopic (exact) mass is 240 g/mol. The van der Waals surface area contributed by atoms with Gasteiger partial charge in [0.15, 0.2) is 0 Å². The third kappa shape index (κ3) is 4.30. The highest BCUT2D eigenvalue weighted by molar-refractivity contribution is 5.79. The molecule has 3 nitrogen and oxygen atoms in total. The van der Waals surface area contributed by atoms with Gasteiger partial charge in [0.05, 0.1) is 5.92 Å². The highest BCUT2D eigenvalue weighted by atomic mass is 16.2. The first kappa shape index (κ1) is 14.5. The van der Waals surface area contributed by atoms with Gasteiger partial charge in [-0.3, -0.25) is 4.79 Å². The lowest BCUT2D eigenvalue weighted by atomic mass is 9.96. The van der Waals surface area contributed by atoms with Gasteiger partial charge in [0.25, 0.3) is 0 Å². The number of likely N-dealkylation sites (tertiary alicyclic amines) is 1. The summed E-state index contributed by atoms with van der Waals surface area (Å²) in [5, 5.41) is 0. The summed E-state index contributed by atoms with van der Waals surface area (Å²) < 4.78 is 0. The summed E-state index contributed by atoms with van der Waals surface area (Å²) in [4.78, 5) is 14.3. The van der Waals surface area contributed by atoms with Gasteiger partial charge in [-0.15, -0.1) is 0 Å². The van der Waals surface area contributed by atoms with Gasteiger partial charge in [-0.05, 0) is 31.6 Å². The number of hydrogen-bond acceptors (Lipinski definition) is 2. The van der Waals surface area contributed by atoms with Crippen LogP contribution >= 0.6 is 0 Å². The molecule has 0 bridgehead atoms. The maximum Gasteiger partial charge on any atom is 0.226 e. The first-order chi connectivity index (χ1) is 8.22. The van der Waals surface area contributed by atoms with E-state index in [-0.39, 0.29) is 11.8 Å². The van der Waals surface area contributed by atoms with Crippen LogP contribution in [0.2, 0.25) is 0 Å². The van der Waals surface area contributed by atoms with Crippen molar-refractivity contribution in [3.8, 4) is 0 Å². The van der Waals surface area contributed by atoms with E-state index in [2.05, 4.69) is 11.8 Å². The Labute approximate surface area is 106 Å². The van der Waals surface area contributed by atoms with Gasteiger partial charge in [0.2, 0.25) is 5.91 Å². The van der Waals surface area contributed by atoms with Crippen molar-refractivity contribution in [2.75, 3.05) is 19.6 Å². The predicted molar refractivity (Wildman–Crippen MR) is 71.7 cm³/mol. The Kier molecular flexibility index (Phi) is 6.56. The summed E-state index contributed by atoms with van der Waals surface area (Å²) in [6, 6.07) is 0. The molecule has 1 aliphatic rings. The van der Waals surface area contributed by atoms with Gasteiger partial charge >= 0.3 is 0 Å². The molecule has 2 unspecified atom stereocenters. The second-order valence-electron chi connectivity index (χ2n) is 5.25. The molecular formula is C14H28N2O. The number of amides is 1. The van der Waals surface area contributed by atoms with Gasteiger partial charge in [-0.2, -0.15) is 0 Å². The van der Waals surface area contributed by atoms with Crippen LogP contribution in [-0.4, -0.2) is 30.4 Å². The number of nitrogens with two attached hydrogens (primary N) is 1. The van der Waals surface area contributed by atoms with Crippen LogP contribution in [0.25, 0.3) is 0 Å².